The SMILES string of the molecule is CCCOc1ccc(-c2nnn(Cc3ccc(Cl)cc3Cl)n2)cc1. The second-order valence-corrected chi connectivity index (χ2v) is 6.10. The number of ether oxygens (including phenoxy) is 1. The van der Waals surface area contributed by atoms with Crippen LogP contribution < -0.4 is 4.74 Å². The summed E-state index contributed by atoms with van der Waals surface area (Å²) in [6.07, 6.45) is 0.977. The molecule has 0 aliphatic carbocycles. The van der Waals surface area contributed by atoms with Gasteiger partial charge in [-0.3, -0.25) is 0 Å². The van der Waals surface area contributed by atoms with E-state index in [1.54, 1.807) is 12.1 Å². The van der Waals surface area contributed by atoms with Crippen molar-refractivity contribution < 1.29 is 4.74 Å². The predicted octanol–water partition coefficient (Wildman–Crippen LogP) is 4.48. The molecule has 7 heteroatoms. The molecule has 0 atom stereocenters. The number of tetrazole rings is 1. The Bertz CT molecular complexity index is 818. The second kappa shape index (κ2) is 7.64. The lowest BCUT2D eigenvalue weighted by Gasteiger charge is -2.04. The van der Waals surface area contributed by atoms with E-state index < -0.39 is 0 Å². The molecule has 3 rings (SSSR count). The lowest BCUT2D eigenvalue weighted by molar-refractivity contribution is 0.317. The summed E-state index contributed by atoms with van der Waals surface area (Å²) in [5.41, 5.74) is 1.76. The van der Waals surface area contributed by atoms with Crippen LogP contribution in [0.2, 0.25) is 10.0 Å². The minimum Gasteiger partial charge on any atom is -0.494 e. The molecule has 0 amide bonds. The average molecular weight is 363 g/mol. The summed E-state index contributed by atoms with van der Waals surface area (Å²) in [6.45, 7) is 3.21. The summed E-state index contributed by atoms with van der Waals surface area (Å²) in [5, 5.41) is 13.7. The summed E-state index contributed by atoms with van der Waals surface area (Å²) in [7, 11) is 0. The quantitative estimate of drug-likeness (QED) is 0.648. The van der Waals surface area contributed by atoms with Gasteiger partial charge in [-0.1, -0.05) is 36.2 Å². The van der Waals surface area contributed by atoms with Crippen molar-refractivity contribution in [2.75, 3.05) is 6.61 Å². The fourth-order valence-electron chi connectivity index (χ4n) is 2.15. The van der Waals surface area contributed by atoms with Crippen molar-refractivity contribution in [1.82, 2.24) is 20.2 Å². The monoisotopic (exact) mass is 362 g/mol. The van der Waals surface area contributed by atoms with Crippen molar-refractivity contribution in [2.45, 2.75) is 19.9 Å². The van der Waals surface area contributed by atoms with Crippen molar-refractivity contribution in [2.24, 2.45) is 0 Å². The minimum atomic E-state index is 0.431. The van der Waals surface area contributed by atoms with Gasteiger partial charge in [0.15, 0.2) is 0 Å². The minimum absolute atomic E-state index is 0.431. The first-order valence-electron chi connectivity index (χ1n) is 7.60. The molecule has 0 N–H and O–H groups in total. The fourth-order valence-corrected chi connectivity index (χ4v) is 2.62. The number of halogens is 2. The highest BCUT2D eigenvalue weighted by molar-refractivity contribution is 6.35. The molecule has 0 spiro atoms. The predicted molar refractivity (Wildman–Crippen MR) is 94.6 cm³/mol. The van der Waals surface area contributed by atoms with Gasteiger partial charge in [-0.15, -0.1) is 10.2 Å². The number of hydrogen-bond donors (Lipinski definition) is 0. The van der Waals surface area contributed by atoms with Gasteiger partial charge in [0, 0.05) is 15.6 Å². The van der Waals surface area contributed by atoms with E-state index in [9.17, 15) is 0 Å². The van der Waals surface area contributed by atoms with E-state index in [-0.39, 0.29) is 0 Å². The van der Waals surface area contributed by atoms with Crippen molar-refractivity contribution >= 4 is 23.2 Å². The van der Waals surface area contributed by atoms with Gasteiger partial charge < -0.3 is 4.74 Å². The first kappa shape index (κ1) is 16.7. The highest BCUT2D eigenvalue weighted by Gasteiger charge is 2.08. The molecule has 1 heterocycles. The van der Waals surface area contributed by atoms with Crippen LogP contribution in [0.15, 0.2) is 42.5 Å². The van der Waals surface area contributed by atoms with Gasteiger partial charge in [0.1, 0.15) is 5.75 Å². The average Bonchev–Trinajstić information content (AvgIpc) is 3.05. The Kier molecular flexibility index (Phi) is 5.33. The van der Waals surface area contributed by atoms with Crippen molar-refractivity contribution in [1.29, 1.82) is 0 Å². The van der Waals surface area contributed by atoms with Crippen molar-refractivity contribution in [3.8, 4) is 17.1 Å². The first-order valence-corrected chi connectivity index (χ1v) is 8.36. The molecular formula is C17H16Cl2N4O. The molecule has 24 heavy (non-hydrogen) atoms. The zero-order valence-electron chi connectivity index (χ0n) is 13.1. The van der Waals surface area contributed by atoms with E-state index in [0.29, 0.717) is 29.0 Å². The summed E-state index contributed by atoms with van der Waals surface area (Å²) in [6, 6.07) is 13.0. The molecule has 3 aromatic rings. The van der Waals surface area contributed by atoms with Crippen LogP contribution >= 0.6 is 23.2 Å². The first-order chi connectivity index (χ1) is 11.7. The Morgan fingerprint density at radius 3 is 2.58 bits per heavy atom. The smallest absolute Gasteiger partial charge is 0.204 e. The van der Waals surface area contributed by atoms with Gasteiger partial charge in [0.2, 0.25) is 5.82 Å². The second-order valence-electron chi connectivity index (χ2n) is 5.25. The molecule has 0 saturated heterocycles. The molecule has 124 valence electrons. The zero-order chi connectivity index (χ0) is 16.9. The van der Waals surface area contributed by atoms with Crippen molar-refractivity contribution in [3.05, 3.63) is 58.1 Å². The van der Waals surface area contributed by atoms with Crippen LogP contribution in [0.25, 0.3) is 11.4 Å². The largest absolute Gasteiger partial charge is 0.494 e. The molecule has 0 radical (unpaired) electrons. The molecule has 0 aliphatic rings. The van der Waals surface area contributed by atoms with Crippen LogP contribution in [-0.2, 0) is 6.54 Å². The Labute approximate surface area is 150 Å². The molecule has 0 unspecified atom stereocenters. The summed E-state index contributed by atoms with van der Waals surface area (Å²) in [4.78, 5) is 1.51. The standard InChI is InChI=1S/C17H16Cl2N4O/c1-2-9-24-15-7-4-12(5-8-15)17-20-22-23(21-17)11-13-3-6-14(18)10-16(13)19/h3-8,10H,2,9,11H2,1H3. The number of benzene rings is 2. The molecule has 5 nitrogen and oxygen atoms in total. The number of hydrogen-bond acceptors (Lipinski definition) is 4. The number of aromatic nitrogens is 4. The van der Waals surface area contributed by atoms with Crippen molar-refractivity contribution in [3.63, 3.8) is 0 Å². The van der Waals surface area contributed by atoms with E-state index in [1.165, 1.54) is 4.80 Å². The third-order valence-electron chi connectivity index (χ3n) is 3.37. The topological polar surface area (TPSA) is 52.8 Å². The Morgan fingerprint density at radius 1 is 1.08 bits per heavy atom. The van der Waals surface area contributed by atoms with Crippen LogP contribution in [0.4, 0.5) is 0 Å². The summed E-state index contributed by atoms with van der Waals surface area (Å²) < 4.78 is 5.57. The Morgan fingerprint density at radius 2 is 1.88 bits per heavy atom. The molecule has 2 aromatic carbocycles. The maximum absolute atomic E-state index is 6.17. The Balaban J connectivity index is 1.73. The third-order valence-corrected chi connectivity index (χ3v) is 3.95. The van der Waals surface area contributed by atoms with Crippen LogP contribution in [-0.4, -0.2) is 26.8 Å². The highest BCUT2D eigenvalue weighted by Crippen LogP contribution is 2.22. The lowest BCUT2D eigenvalue weighted by atomic mass is 10.2. The van der Waals surface area contributed by atoms with Gasteiger partial charge in [0.25, 0.3) is 0 Å². The number of nitrogens with zero attached hydrogens (tertiary/aromatic N) is 4. The normalized spacial score (nSPS) is 10.8. The van der Waals surface area contributed by atoms with Gasteiger partial charge >= 0.3 is 0 Å². The van der Waals surface area contributed by atoms with Crippen LogP contribution in [0.3, 0.4) is 0 Å². The van der Waals surface area contributed by atoms with E-state index in [4.69, 9.17) is 27.9 Å². The molecular weight excluding hydrogens is 347 g/mol. The maximum atomic E-state index is 6.17. The maximum Gasteiger partial charge on any atom is 0.204 e. The van der Waals surface area contributed by atoms with E-state index in [1.807, 2.05) is 30.3 Å². The Hall–Kier alpha value is -2.11. The van der Waals surface area contributed by atoms with E-state index in [0.717, 1.165) is 23.3 Å². The van der Waals surface area contributed by atoms with Crippen LogP contribution in [0, 0.1) is 0 Å². The van der Waals surface area contributed by atoms with Gasteiger partial charge in [0.05, 0.1) is 13.2 Å². The molecule has 0 aliphatic heterocycles. The zero-order valence-corrected chi connectivity index (χ0v) is 14.6. The third kappa shape index (κ3) is 4.04. The van der Waals surface area contributed by atoms with E-state index >= 15 is 0 Å². The lowest BCUT2D eigenvalue weighted by Crippen LogP contribution is -2.04. The molecule has 1 aromatic heterocycles. The van der Waals surface area contributed by atoms with Gasteiger partial charge in [-0.25, -0.2) is 0 Å². The summed E-state index contributed by atoms with van der Waals surface area (Å²) >= 11 is 12.1. The van der Waals surface area contributed by atoms with E-state index in [2.05, 4.69) is 22.3 Å². The number of rotatable bonds is 6. The fraction of sp³-hybridized carbons (Fsp3) is 0.235. The van der Waals surface area contributed by atoms with Gasteiger partial charge in [-0.05, 0) is 53.6 Å². The van der Waals surface area contributed by atoms with Crippen LogP contribution in [0.5, 0.6) is 5.75 Å². The highest BCUT2D eigenvalue weighted by atomic mass is 35.5. The molecule has 0 bridgehead atoms. The molecule has 0 saturated carbocycles. The summed E-state index contributed by atoms with van der Waals surface area (Å²) in [5.74, 6) is 1.39. The van der Waals surface area contributed by atoms with Crippen LogP contribution in [0.1, 0.15) is 18.9 Å². The van der Waals surface area contributed by atoms with Gasteiger partial charge in [-0.2, -0.15) is 4.80 Å². The molecule has 0 fully saturated rings.